The van der Waals surface area contributed by atoms with Crippen molar-refractivity contribution in [2.45, 2.75) is 32.7 Å². The van der Waals surface area contributed by atoms with E-state index in [-0.39, 0.29) is 11.8 Å². The number of methoxy groups -OCH3 is 1. The SMILES string of the molecule is COc1ccc(C(CC(=O)NCC(C)C)c2cn(Cc3ccccc3)c3ccccc23)cc1. The molecule has 1 N–H and O–H groups in total. The number of hydrogen-bond donors (Lipinski definition) is 1. The van der Waals surface area contributed by atoms with Gasteiger partial charge in [-0.25, -0.2) is 0 Å². The number of ether oxygens (including phenoxy) is 1. The average molecular weight is 441 g/mol. The number of fused-ring (bicyclic) bond motifs is 1. The summed E-state index contributed by atoms with van der Waals surface area (Å²) in [7, 11) is 1.67. The van der Waals surface area contributed by atoms with Crippen LogP contribution in [0.1, 0.15) is 42.9 Å². The van der Waals surface area contributed by atoms with Crippen LogP contribution in [0.25, 0.3) is 10.9 Å². The van der Waals surface area contributed by atoms with E-state index in [1.54, 1.807) is 7.11 Å². The van der Waals surface area contributed by atoms with Crippen LogP contribution in [0.3, 0.4) is 0 Å². The fourth-order valence-electron chi connectivity index (χ4n) is 4.28. The summed E-state index contributed by atoms with van der Waals surface area (Å²) in [5.74, 6) is 1.25. The molecule has 1 atom stereocenters. The highest BCUT2D eigenvalue weighted by Gasteiger charge is 2.23. The number of nitrogens with zero attached hydrogens (tertiary/aromatic N) is 1. The molecule has 0 aliphatic heterocycles. The topological polar surface area (TPSA) is 43.3 Å². The molecule has 0 bridgehead atoms. The Balaban J connectivity index is 1.75. The van der Waals surface area contributed by atoms with E-state index >= 15 is 0 Å². The molecule has 33 heavy (non-hydrogen) atoms. The van der Waals surface area contributed by atoms with Gasteiger partial charge in [0, 0.05) is 42.5 Å². The summed E-state index contributed by atoms with van der Waals surface area (Å²) in [6.45, 7) is 5.69. The number of para-hydroxylation sites is 1. The molecule has 4 nitrogen and oxygen atoms in total. The van der Waals surface area contributed by atoms with Gasteiger partial charge in [-0.05, 0) is 40.8 Å². The Bertz CT molecular complexity index is 1190. The Labute approximate surface area is 196 Å². The summed E-state index contributed by atoms with van der Waals surface area (Å²) < 4.78 is 7.65. The van der Waals surface area contributed by atoms with Crippen LogP contribution in [0.4, 0.5) is 0 Å². The highest BCUT2D eigenvalue weighted by molar-refractivity contribution is 5.86. The molecule has 4 rings (SSSR count). The van der Waals surface area contributed by atoms with Gasteiger partial charge in [0.2, 0.25) is 5.91 Å². The Hall–Kier alpha value is -3.53. The zero-order chi connectivity index (χ0) is 23.2. The van der Waals surface area contributed by atoms with Gasteiger partial charge in [-0.2, -0.15) is 0 Å². The first-order valence-electron chi connectivity index (χ1n) is 11.6. The minimum atomic E-state index is -0.0509. The molecule has 1 unspecified atom stereocenters. The lowest BCUT2D eigenvalue weighted by molar-refractivity contribution is -0.121. The molecule has 4 heteroatoms. The first kappa shape index (κ1) is 22.7. The molecule has 3 aromatic carbocycles. The second-order valence-electron chi connectivity index (χ2n) is 8.94. The van der Waals surface area contributed by atoms with Crippen LogP contribution in [-0.4, -0.2) is 24.1 Å². The second-order valence-corrected chi connectivity index (χ2v) is 8.94. The minimum absolute atomic E-state index is 0.0509. The number of benzene rings is 3. The van der Waals surface area contributed by atoms with E-state index in [4.69, 9.17) is 4.74 Å². The monoisotopic (exact) mass is 440 g/mol. The fraction of sp³-hybridized carbons (Fsp3) is 0.276. The third-order valence-electron chi connectivity index (χ3n) is 6.01. The number of aromatic nitrogens is 1. The quantitative estimate of drug-likeness (QED) is 0.347. The smallest absolute Gasteiger partial charge is 0.220 e. The summed E-state index contributed by atoms with van der Waals surface area (Å²) in [5, 5.41) is 4.28. The number of hydrogen-bond acceptors (Lipinski definition) is 2. The summed E-state index contributed by atoms with van der Waals surface area (Å²) >= 11 is 0. The van der Waals surface area contributed by atoms with Gasteiger partial charge < -0.3 is 14.6 Å². The third-order valence-corrected chi connectivity index (χ3v) is 6.01. The van der Waals surface area contributed by atoms with Crippen molar-refractivity contribution in [1.29, 1.82) is 0 Å². The van der Waals surface area contributed by atoms with E-state index in [1.165, 1.54) is 22.0 Å². The third kappa shape index (κ3) is 5.46. The molecule has 1 aromatic heterocycles. The van der Waals surface area contributed by atoms with Crippen LogP contribution < -0.4 is 10.1 Å². The zero-order valence-corrected chi connectivity index (χ0v) is 19.6. The first-order valence-corrected chi connectivity index (χ1v) is 11.6. The van der Waals surface area contributed by atoms with Gasteiger partial charge in [0.15, 0.2) is 0 Å². The van der Waals surface area contributed by atoms with E-state index < -0.39 is 0 Å². The van der Waals surface area contributed by atoms with Crippen molar-refractivity contribution in [2.24, 2.45) is 5.92 Å². The standard InChI is InChI=1S/C29H32N2O2/c1-21(2)18-30-29(32)17-26(23-13-15-24(33-3)16-14-23)27-20-31(19-22-9-5-4-6-10-22)28-12-8-7-11-25(27)28/h4-16,20-21,26H,17-19H2,1-3H3,(H,30,32). The van der Waals surface area contributed by atoms with E-state index in [9.17, 15) is 4.79 Å². The van der Waals surface area contributed by atoms with Crippen molar-refractivity contribution < 1.29 is 9.53 Å². The minimum Gasteiger partial charge on any atom is -0.497 e. The predicted octanol–water partition coefficient (Wildman–Crippen LogP) is 5.99. The number of carbonyl (C=O) groups is 1. The predicted molar refractivity (Wildman–Crippen MR) is 135 cm³/mol. The molecule has 1 heterocycles. The Kier molecular flexibility index (Phi) is 7.13. The van der Waals surface area contributed by atoms with Crippen LogP contribution in [0.5, 0.6) is 5.75 Å². The molecule has 170 valence electrons. The van der Waals surface area contributed by atoms with Crippen molar-refractivity contribution in [2.75, 3.05) is 13.7 Å². The van der Waals surface area contributed by atoms with Crippen LogP contribution in [0.2, 0.25) is 0 Å². The maximum Gasteiger partial charge on any atom is 0.220 e. The molecule has 0 fully saturated rings. The van der Waals surface area contributed by atoms with Crippen LogP contribution >= 0.6 is 0 Å². The van der Waals surface area contributed by atoms with Crippen molar-refractivity contribution in [3.8, 4) is 5.75 Å². The highest BCUT2D eigenvalue weighted by atomic mass is 16.5. The molecule has 1 amide bonds. The van der Waals surface area contributed by atoms with Gasteiger partial charge in [-0.1, -0.05) is 74.5 Å². The molecule has 0 aliphatic rings. The summed E-state index contributed by atoms with van der Waals surface area (Å²) in [5.41, 5.74) is 4.71. The maximum absolute atomic E-state index is 12.9. The largest absolute Gasteiger partial charge is 0.497 e. The lowest BCUT2D eigenvalue weighted by atomic mass is 9.88. The lowest BCUT2D eigenvalue weighted by Crippen LogP contribution is -2.28. The highest BCUT2D eigenvalue weighted by Crippen LogP contribution is 2.35. The first-order chi connectivity index (χ1) is 16.0. The maximum atomic E-state index is 12.9. The molecule has 0 saturated heterocycles. The average Bonchev–Trinajstić information content (AvgIpc) is 3.20. The van der Waals surface area contributed by atoms with Gasteiger partial charge >= 0.3 is 0 Å². The number of nitrogens with one attached hydrogen (secondary N) is 1. The summed E-state index contributed by atoms with van der Waals surface area (Å²) in [6, 6.07) is 27.0. The number of carbonyl (C=O) groups excluding carboxylic acids is 1. The second kappa shape index (κ2) is 10.4. The molecule has 0 saturated carbocycles. The summed E-state index contributed by atoms with van der Waals surface area (Å²) in [6.07, 6.45) is 2.63. The Morgan fingerprint density at radius 2 is 1.64 bits per heavy atom. The van der Waals surface area contributed by atoms with Crippen LogP contribution in [0.15, 0.2) is 85.1 Å². The molecule has 0 radical (unpaired) electrons. The van der Waals surface area contributed by atoms with Crippen LogP contribution in [0, 0.1) is 5.92 Å². The van der Waals surface area contributed by atoms with Gasteiger partial charge in [-0.15, -0.1) is 0 Å². The zero-order valence-electron chi connectivity index (χ0n) is 19.6. The van der Waals surface area contributed by atoms with Gasteiger partial charge in [0.25, 0.3) is 0 Å². The normalized spacial score (nSPS) is 12.1. The number of amides is 1. The van der Waals surface area contributed by atoms with Crippen LogP contribution in [-0.2, 0) is 11.3 Å². The van der Waals surface area contributed by atoms with Gasteiger partial charge in [0.1, 0.15) is 5.75 Å². The van der Waals surface area contributed by atoms with Crippen molar-refractivity contribution >= 4 is 16.8 Å². The van der Waals surface area contributed by atoms with E-state index in [0.717, 1.165) is 17.9 Å². The van der Waals surface area contributed by atoms with E-state index in [1.807, 2.05) is 18.2 Å². The molecular formula is C29H32N2O2. The number of rotatable bonds is 9. The summed E-state index contributed by atoms with van der Waals surface area (Å²) in [4.78, 5) is 12.9. The van der Waals surface area contributed by atoms with E-state index in [2.05, 4.69) is 90.6 Å². The molecule has 0 aliphatic carbocycles. The van der Waals surface area contributed by atoms with Crippen molar-refractivity contribution in [3.05, 3.63) is 102 Å². The Morgan fingerprint density at radius 3 is 2.33 bits per heavy atom. The van der Waals surface area contributed by atoms with Gasteiger partial charge in [0.05, 0.1) is 7.11 Å². The van der Waals surface area contributed by atoms with Crippen molar-refractivity contribution in [1.82, 2.24) is 9.88 Å². The van der Waals surface area contributed by atoms with Crippen molar-refractivity contribution in [3.63, 3.8) is 0 Å². The lowest BCUT2D eigenvalue weighted by Gasteiger charge is -2.18. The Morgan fingerprint density at radius 1 is 0.939 bits per heavy atom. The van der Waals surface area contributed by atoms with Gasteiger partial charge in [-0.3, -0.25) is 4.79 Å². The van der Waals surface area contributed by atoms with E-state index in [0.29, 0.717) is 18.9 Å². The molecule has 4 aromatic rings. The molecule has 0 spiro atoms. The fourth-order valence-corrected chi connectivity index (χ4v) is 4.28. The molecular weight excluding hydrogens is 408 g/mol.